The average Bonchev–Trinajstić information content (AvgIpc) is 2.54. The summed E-state index contributed by atoms with van der Waals surface area (Å²) in [6.45, 7) is 1.85. The monoisotopic (exact) mass is 275 g/mol. The lowest BCUT2D eigenvalue weighted by Gasteiger charge is -2.30. The van der Waals surface area contributed by atoms with E-state index < -0.39 is 0 Å². The standard InChI is InChI=1S/C18H17N3/c19-16-6-3-5-14-12-21(11-10-15(14)16)18-9-8-13-4-1-2-7-17(13)20-18/h1-9H,10-12,19H2. The van der Waals surface area contributed by atoms with Gasteiger partial charge in [-0.2, -0.15) is 0 Å². The van der Waals surface area contributed by atoms with E-state index in [0.717, 1.165) is 36.5 Å². The number of nitrogens with zero attached hydrogens (tertiary/aromatic N) is 2. The Labute approximate surface area is 124 Å². The van der Waals surface area contributed by atoms with E-state index in [9.17, 15) is 0 Å². The SMILES string of the molecule is Nc1cccc2c1CCN(c1ccc3ccccc3n1)C2. The van der Waals surface area contributed by atoms with Crippen LogP contribution in [0.1, 0.15) is 11.1 Å². The number of anilines is 2. The van der Waals surface area contributed by atoms with Crippen LogP contribution in [0.25, 0.3) is 10.9 Å². The van der Waals surface area contributed by atoms with Crippen molar-refractivity contribution in [3.63, 3.8) is 0 Å². The number of rotatable bonds is 1. The lowest BCUT2D eigenvalue weighted by molar-refractivity contribution is 0.724. The van der Waals surface area contributed by atoms with Gasteiger partial charge in [0.2, 0.25) is 0 Å². The minimum atomic E-state index is 0.881. The third kappa shape index (κ3) is 2.11. The number of benzene rings is 2. The van der Waals surface area contributed by atoms with Gasteiger partial charge in [-0.15, -0.1) is 0 Å². The van der Waals surface area contributed by atoms with Gasteiger partial charge < -0.3 is 10.6 Å². The van der Waals surface area contributed by atoms with Gasteiger partial charge in [0.1, 0.15) is 5.82 Å². The fourth-order valence-electron chi connectivity index (χ4n) is 3.07. The maximum absolute atomic E-state index is 6.07. The maximum atomic E-state index is 6.07. The van der Waals surface area contributed by atoms with Crippen LogP contribution in [0.4, 0.5) is 11.5 Å². The molecule has 1 aromatic heterocycles. The smallest absolute Gasteiger partial charge is 0.129 e. The van der Waals surface area contributed by atoms with Gasteiger partial charge in [-0.25, -0.2) is 4.98 Å². The second-order valence-corrected chi connectivity index (χ2v) is 5.52. The molecule has 3 heteroatoms. The molecule has 1 aliphatic heterocycles. The molecule has 4 rings (SSSR count). The number of fused-ring (bicyclic) bond motifs is 2. The van der Waals surface area contributed by atoms with E-state index >= 15 is 0 Å². The number of hydrogen-bond acceptors (Lipinski definition) is 3. The maximum Gasteiger partial charge on any atom is 0.129 e. The fraction of sp³-hybridized carbons (Fsp3) is 0.167. The van der Waals surface area contributed by atoms with Gasteiger partial charge in [0, 0.05) is 24.2 Å². The molecule has 0 fully saturated rings. The summed E-state index contributed by atoms with van der Waals surface area (Å²) in [5, 5.41) is 1.18. The Morgan fingerprint density at radius 1 is 0.952 bits per heavy atom. The second-order valence-electron chi connectivity index (χ2n) is 5.52. The van der Waals surface area contributed by atoms with Crippen molar-refractivity contribution in [1.82, 2.24) is 4.98 Å². The van der Waals surface area contributed by atoms with Crippen LogP contribution >= 0.6 is 0 Å². The summed E-state index contributed by atoms with van der Waals surface area (Å²) >= 11 is 0. The highest BCUT2D eigenvalue weighted by atomic mass is 15.2. The van der Waals surface area contributed by atoms with E-state index in [0.29, 0.717) is 0 Å². The van der Waals surface area contributed by atoms with Gasteiger partial charge in [-0.1, -0.05) is 30.3 Å². The van der Waals surface area contributed by atoms with Crippen molar-refractivity contribution >= 4 is 22.4 Å². The second kappa shape index (κ2) is 4.77. The molecular formula is C18H17N3. The van der Waals surface area contributed by atoms with Crippen molar-refractivity contribution in [2.24, 2.45) is 0 Å². The summed E-state index contributed by atoms with van der Waals surface area (Å²) in [5.41, 5.74) is 10.6. The normalized spacial score (nSPS) is 14.2. The van der Waals surface area contributed by atoms with Crippen LogP contribution in [0.15, 0.2) is 54.6 Å². The molecule has 0 aliphatic carbocycles. The fourth-order valence-corrected chi connectivity index (χ4v) is 3.07. The minimum Gasteiger partial charge on any atom is -0.398 e. The van der Waals surface area contributed by atoms with Crippen molar-refractivity contribution < 1.29 is 0 Å². The van der Waals surface area contributed by atoms with Crippen molar-refractivity contribution in [3.8, 4) is 0 Å². The van der Waals surface area contributed by atoms with Crippen LogP contribution < -0.4 is 10.6 Å². The molecule has 2 N–H and O–H groups in total. The van der Waals surface area contributed by atoms with Crippen LogP contribution in [0, 0.1) is 0 Å². The van der Waals surface area contributed by atoms with Crippen molar-refractivity contribution in [3.05, 3.63) is 65.7 Å². The zero-order valence-corrected chi connectivity index (χ0v) is 11.8. The first-order valence-electron chi connectivity index (χ1n) is 7.28. The summed E-state index contributed by atoms with van der Waals surface area (Å²) in [5.74, 6) is 1.04. The van der Waals surface area contributed by atoms with Crippen molar-refractivity contribution in [1.29, 1.82) is 0 Å². The molecule has 0 bridgehead atoms. The van der Waals surface area contributed by atoms with E-state index in [-0.39, 0.29) is 0 Å². The molecule has 0 radical (unpaired) electrons. The Hall–Kier alpha value is -2.55. The summed E-state index contributed by atoms with van der Waals surface area (Å²) in [6, 6.07) is 18.7. The number of nitrogens with two attached hydrogens (primary N) is 1. The molecule has 3 nitrogen and oxygen atoms in total. The van der Waals surface area contributed by atoms with Crippen molar-refractivity contribution in [2.45, 2.75) is 13.0 Å². The predicted octanol–water partition coefficient (Wildman–Crippen LogP) is 3.38. The number of para-hydroxylation sites is 1. The molecule has 1 aliphatic rings. The third-order valence-electron chi connectivity index (χ3n) is 4.21. The highest BCUT2D eigenvalue weighted by molar-refractivity contribution is 5.80. The first kappa shape index (κ1) is 12.2. The largest absolute Gasteiger partial charge is 0.398 e. The topological polar surface area (TPSA) is 42.1 Å². The highest BCUT2D eigenvalue weighted by Crippen LogP contribution is 2.27. The Morgan fingerprint density at radius 3 is 2.81 bits per heavy atom. The van der Waals surface area contributed by atoms with Gasteiger partial charge >= 0.3 is 0 Å². The lowest BCUT2D eigenvalue weighted by Crippen LogP contribution is -2.31. The van der Waals surface area contributed by atoms with Gasteiger partial charge in [0.25, 0.3) is 0 Å². The molecule has 104 valence electrons. The van der Waals surface area contributed by atoms with Crippen LogP contribution in [0.3, 0.4) is 0 Å². The molecule has 0 saturated heterocycles. The molecule has 2 heterocycles. The quantitative estimate of drug-likeness (QED) is 0.692. The molecule has 0 atom stereocenters. The molecule has 0 amide bonds. The molecule has 0 unspecified atom stereocenters. The first-order valence-corrected chi connectivity index (χ1v) is 7.28. The van der Waals surface area contributed by atoms with Crippen LogP contribution in [0.5, 0.6) is 0 Å². The number of pyridine rings is 1. The zero-order valence-electron chi connectivity index (χ0n) is 11.8. The molecule has 3 aromatic rings. The molecular weight excluding hydrogens is 258 g/mol. The summed E-state index contributed by atoms with van der Waals surface area (Å²) in [4.78, 5) is 7.12. The number of aromatic nitrogens is 1. The van der Waals surface area contributed by atoms with Gasteiger partial charge in [-0.3, -0.25) is 0 Å². The summed E-state index contributed by atoms with van der Waals surface area (Å²) in [7, 11) is 0. The van der Waals surface area contributed by atoms with Crippen LogP contribution in [-0.4, -0.2) is 11.5 Å². The minimum absolute atomic E-state index is 0.881. The highest BCUT2D eigenvalue weighted by Gasteiger charge is 2.18. The Bertz CT molecular complexity index is 810. The molecule has 0 spiro atoms. The van der Waals surface area contributed by atoms with E-state index in [1.165, 1.54) is 16.5 Å². The third-order valence-corrected chi connectivity index (χ3v) is 4.21. The molecule has 2 aromatic carbocycles. The summed E-state index contributed by atoms with van der Waals surface area (Å²) in [6.07, 6.45) is 0.983. The Kier molecular flexibility index (Phi) is 2.78. The average molecular weight is 275 g/mol. The predicted molar refractivity (Wildman–Crippen MR) is 87.4 cm³/mol. The van der Waals surface area contributed by atoms with Crippen molar-refractivity contribution in [2.75, 3.05) is 17.2 Å². The van der Waals surface area contributed by atoms with Crippen LogP contribution in [-0.2, 0) is 13.0 Å². The molecule has 0 saturated carbocycles. The van der Waals surface area contributed by atoms with Gasteiger partial charge in [0.05, 0.1) is 5.52 Å². The van der Waals surface area contributed by atoms with Gasteiger partial charge in [0.15, 0.2) is 0 Å². The molecule has 21 heavy (non-hydrogen) atoms. The van der Waals surface area contributed by atoms with E-state index in [4.69, 9.17) is 10.7 Å². The number of hydrogen-bond donors (Lipinski definition) is 1. The van der Waals surface area contributed by atoms with E-state index in [1.807, 2.05) is 24.3 Å². The van der Waals surface area contributed by atoms with E-state index in [1.54, 1.807) is 0 Å². The number of nitrogen functional groups attached to an aromatic ring is 1. The zero-order chi connectivity index (χ0) is 14.2. The lowest BCUT2D eigenvalue weighted by atomic mass is 9.98. The first-order chi connectivity index (χ1) is 10.3. The Balaban J connectivity index is 1.70. The van der Waals surface area contributed by atoms with E-state index in [2.05, 4.69) is 35.2 Å². The van der Waals surface area contributed by atoms with Gasteiger partial charge in [-0.05, 0) is 41.8 Å². The summed E-state index contributed by atoms with van der Waals surface area (Å²) < 4.78 is 0. The van der Waals surface area contributed by atoms with Crippen LogP contribution in [0.2, 0.25) is 0 Å². The Morgan fingerprint density at radius 2 is 1.86 bits per heavy atom.